The lowest BCUT2D eigenvalue weighted by Gasteiger charge is -2.10. The number of hydrazone groups is 1. The van der Waals surface area contributed by atoms with Crippen molar-refractivity contribution in [3.8, 4) is 5.75 Å². The van der Waals surface area contributed by atoms with Gasteiger partial charge in [-0.05, 0) is 29.8 Å². The molecule has 4 rings (SSSR count). The molecule has 1 aromatic heterocycles. The highest BCUT2D eigenvalue weighted by Crippen LogP contribution is 2.26. The lowest BCUT2D eigenvalue weighted by Crippen LogP contribution is -2.14. The van der Waals surface area contributed by atoms with Crippen LogP contribution < -0.4 is 15.8 Å². The van der Waals surface area contributed by atoms with E-state index in [4.69, 9.17) is 9.15 Å². The van der Waals surface area contributed by atoms with Gasteiger partial charge in [-0.25, -0.2) is 4.79 Å². The lowest BCUT2D eigenvalue weighted by atomic mass is 9.99. The van der Waals surface area contributed by atoms with E-state index in [2.05, 4.69) is 10.5 Å². The third-order valence-corrected chi connectivity index (χ3v) is 4.22. The Bertz CT molecular complexity index is 974. The Hall–Kier alpha value is -3.08. The Kier molecular flexibility index (Phi) is 3.54. The van der Waals surface area contributed by atoms with E-state index in [1.807, 2.05) is 48.5 Å². The fraction of sp³-hybridized carbons (Fsp3) is 0.158. The number of fused-ring (bicyclic) bond motifs is 1. The number of para-hydroxylation sites is 1. The zero-order valence-electron chi connectivity index (χ0n) is 13.2. The van der Waals surface area contributed by atoms with Gasteiger partial charge in [-0.15, -0.1) is 0 Å². The van der Waals surface area contributed by atoms with Crippen LogP contribution >= 0.6 is 0 Å². The smallest absolute Gasteiger partial charge is 0.345 e. The largest absolute Gasteiger partial charge is 0.497 e. The van der Waals surface area contributed by atoms with Gasteiger partial charge >= 0.3 is 5.63 Å². The quantitative estimate of drug-likeness (QED) is 0.753. The second kappa shape index (κ2) is 5.85. The summed E-state index contributed by atoms with van der Waals surface area (Å²) in [5.41, 5.74) is 5.66. The first-order valence-corrected chi connectivity index (χ1v) is 7.74. The molecule has 2 heterocycles. The number of benzene rings is 2. The molecular formula is C19H16N2O3. The highest BCUT2D eigenvalue weighted by atomic mass is 16.5. The molecule has 1 atom stereocenters. The number of ether oxygens (including phenoxy) is 1. The van der Waals surface area contributed by atoms with Gasteiger partial charge in [0.05, 0.1) is 24.4 Å². The Morgan fingerprint density at radius 1 is 1.17 bits per heavy atom. The van der Waals surface area contributed by atoms with Crippen LogP contribution in [0.25, 0.3) is 11.0 Å². The highest BCUT2D eigenvalue weighted by Gasteiger charge is 2.23. The Morgan fingerprint density at radius 2 is 1.96 bits per heavy atom. The summed E-state index contributed by atoms with van der Waals surface area (Å²) in [6.45, 7) is 0. The molecule has 0 amide bonds. The predicted molar refractivity (Wildman–Crippen MR) is 92.5 cm³/mol. The third-order valence-electron chi connectivity index (χ3n) is 4.22. The maximum Gasteiger partial charge on any atom is 0.345 e. The normalized spacial score (nSPS) is 16.7. The molecule has 1 aliphatic rings. The Labute approximate surface area is 138 Å². The second-order valence-corrected chi connectivity index (χ2v) is 5.70. The standard InChI is InChI=1S/C19H16N2O3/c1-23-14-8-6-12(7-9-14)16-11-17(21-20-16)15-10-13-4-2-3-5-18(13)24-19(15)22/h2-10,16,20H,11H2,1H3/t16-/m0/s1. The fourth-order valence-electron chi connectivity index (χ4n) is 2.90. The molecule has 0 radical (unpaired) electrons. The summed E-state index contributed by atoms with van der Waals surface area (Å²) < 4.78 is 10.6. The van der Waals surface area contributed by atoms with Crippen LogP contribution in [-0.2, 0) is 0 Å². The summed E-state index contributed by atoms with van der Waals surface area (Å²) in [6, 6.07) is 17.2. The van der Waals surface area contributed by atoms with E-state index < -0.39 is 0 Å². The molecule has 0 aliphatic carbocycles. The number of hydrogen-bond donors (Lipinski definition) is 1. The molecule has 1 aliphatic heterocycles. The summed E-state index contributed by atoms with van der Waals surface area (Å²) in [7, 11) is 1.64. The number of methoxy groups -OCH3 is 1. The van der Waals surface area contributed by atoms with Crippen molar-refractivity contribution in [3.63, 3.8) is 0 Å². The highest BCUT2D eigenvalue weighted by molar-refractivity contribution is 6.03. The third kappa shape index (κ3) is 2.54. The Morgan fingerprint density at radius 3 is 2.75 bits per heavy atom. The molecule has 0 saturated heterocycles. The maximum absolute atomic E-state index is 12.3. The molecule has 2 aromatic carbocycles. The number of nitrogens with one attached hydrogen (secondary N) is 1. The van der Waals surface area contributed by atoms with Gasteiger partial charge in [0.15, 0.2) is 0 Å². The van der Waals surface area contributed by atoms with E-state index >= 15 is 0 Å². The van der Waals surface area contributed by atoms with Crippen LogP contribution in [0.2, 0.25) is 0 Å². The zero-order valence-corrected chi connectivity index (χ0v) is 13.2. The van der Waals surface area contributed by atoms with Crippen molar-refractivity contribution in [2.45, 2.75) is 12.5 Å². The van der Waals surface area contributed by atoms with Crippen LogP contribution in [0, 0.1) is 0 Å². The van der Waals surface area contributed by atoms with Crippen LogP contribution in [0.15, 0.2) is 68.9 Å². The van der Waals surface area contributed by atoms with Crippen molar-refractivity contribution in [1.82, 2.24) is 5.43 Å². The molecule has 0 spiro atoms. The molecule has 0 fully saturated rings. The van der Waals surface area contributed by atoms with E-state index in [1.165, 1.54) is 0 Å². The zero-order chi connectivity index (χ0) is 16.5. The molecular weight excluding hydrogens is 304 g/mol. The van der Waals surface area contributed by atoms with Gasteiger partial charge in [0, 0.05) is 11.8 Å². The Balaban J connectivity index is 1.62. The molecule has 5 heteroatoms. The number of hydrogen-bond acceptors (Lipinski definition) is 5. The lowest BCUT2D eigenvalue weighted by molar-refractivity contribution is 0.414. The minimum Gasteiger partial charge on any atom is -0.497 e. The second-order valence-electron chi connectivity index (χ2n) is 5.70. The van der Waals surface area contributed by atoms with Gasteiger partial charge in [0.1, 0.15) is 11.3 Å². The number of nitrogens with zero attached hydrogens (tertiary/aromatic N) is 1. The van der Waals surface area contributed by atoms with E-state index in [1.54, 1.807) is 13.2 Å². The minimum atomic E-state index is -0.357. The monoisotopic (exact) mass is 320 g/mol. The van der Waals surface area contributed by atoms with Crippen molar-refractivity contribution in [2.75, 3.05) is 7.11 Å². The van der Waals surface area contributed by atoms with E-state index in [0.29, 0.717) is 17.6 Å². The van der Waals surface area contributed by atoms with Crippen molar-refractivity contribution in [1.29, 1.82) is 0 Å². The van der Waals surface area contributed by atoms with Gasteiger partial charge in [-0.1, -0.05) is 30.3 Å². The molecule has 120 valence electrons. The summed E-state index contributed by atoms with van der Waals surface area (Å²) in [4.78, 5) is 12.3. The van der Waals surface area contributed by atoms with Crippen molar-refractivity contribution in [2.24, 2.45) is 5.10 Å². The average molecular weight is 320 g/mol. The van der Waals surface area contributed by atoms with Gasteiger partial charge < -0.3 is 14.6 Å². The van der Waals surface area contributed by atoms with Gasteiger partial charge in [0.25, 0.3) is 0 Å². The first kappa shape index (κ1) is 14.5. The summed E-state index contributed by atoms with van der Waals surface area (Å²) in [6.07, 6.45) is 0.634. The summed E-state index contributed by atoms with van der Waals surface area (Å²) >= 11 is 0. The van der Waals surface area contributed by atoms with E-state index in [0.717, 1.165) is 22.4 Å². The predicted octanol–water partition coefficient (Wildman–Crippen LogP) is 3.24. The minimum absolute atomic E-state index is 0.0387. The van der Waals surface area contributed by atoms with E-state index in [9.17, 15) is 4.79 Å². The molecule has 3 aromatic rings. The van der Waals surface area contributed by atoms with Gasteiger partial charge in [-0.3, -0.25) is 0 Å². The average Bonchev–Trinajstić information content (AvgIpc) is 3.11. The molecule has 5 nitrogen and oxygen atoms in total. The van der Waals surface area contributed by atoms with Crippen LogP contribution in [-0.4, -0.2) is 12.8 Å². The fourth-order valence-corrected chi connectivity index (χ4v) is 2.90. The topological polar surface area (TPSA) is 63.8 Å². The molecule has 0 unspecified atom stereocenters. The van der Waals surface area contributed by atoms with Gasteiger partial charge in [0.2, 0.25) is 0 Å². The van der Waals surface area contributed by atoms with Gasteiger partial charge in [-0.2, -0.15) is 5.10 Å². The van der Waals surface area contributed by atoms with Crippen LogP contribution in [0.5, 0.6) is 5.75 Å². The SMILES string of the molecule is COc1ccc([C@@H]2CC(c3cc4ccccc4oc3=O)=NN2)cc1. The van der Waals surface area contributed by atoms with E-state index in [-0.39, 0.29) is 11.7 Å². The van der Waals surface area contributed by atoms with Crippen molar-refractivity contribution >= 4 is 16.7 Å². The maximum atomic E-state index is 12.3. The number of rotatable bonds is 3. The van der Waals surface area contributed by atoms with Crippen molar-refractivity contribution in [3.05, 3.63) is 76.1 Å². The summed E-state index contributed by atoms with van der Waals surface area (Å²) in [5.74, 6) is 0.813. The molecule has 0 saturated carbocycles. The van der Waals surface area contributed by atoms with Crippen molar-refractivity contribution < 1.29 is 9.15 Å². The molecule has 0 bridgehead atoms. The van der Waals surface area contributed by atoms with Crippen LogP contribution in [0.4, 0.5) is 0 Å². The summed E-state index contributed by atoms with van der Waals surface area (Å²) in [5, 5.41) is 5.24. The molecule has 24 heavy (non-hydrogen) atoms. The first-order chi connectivity index (χ1) is 11.7. The van der Waals surface area contributed by atoms with Crippen LogP contribution in [0.3, 0.4) is 0 Å². The first-order valence-electron chi connectivity index (χ1n) is 7.74. The van der Waals surface area contributed by atoms with Crippen LogP contribution in [0.1, 0.15) is 23.6 Å². The molecule has 1 N–H and O–H groups in total.